The van der Waals surface area contributed by atoms with Crippen LogP contribution in [-0.2, 0) is 33.5 Å². The molecular weight excluding hydrogens is 428 g/mol. The van der Waals surface area contributed by atoms with E-state index in [9.17, 15) is 19.0 Å². The molecule has 12 heteroatoms. The SMILES string of the molecule is C=COc1cc(OC)nc(NC(=O)N([O-])S(=O)c2cc(CC)ccc2COC(C)=O)n1. The number of esters is 1. The van der Waals surface area contributed by atoms with Gasteiger partial charge >= 0.3 is 12.0 Å². The highest BCUT2D eigenvalue weighted by molar-refractivity contribution is 7.83. The van der Waals surface area contributed by atoms with E-state index in [-0.39, 0.29) is 33.7 Å². The van der Waals surface area contributed by atoms with Gasteiger partial charge in [0.2, 0.25) is 17.7 Å². The predicted molar refractivity (Wildman–Crippen MR) is 111 cm³/mol. The molecule has 1 aromatic carbocycles. The number of amides is 2. The Labute approximate surface area is 181 Å². The van der Waals surface area contributed by atoms with Gasteiger partial charge in [-0.3, -0.25) is 10.1 Å². The van der Waals surface area contributed by atoms with Crippen LogP contribution in [0.4, 0.5) is 10.7 Å². The van der Waals surface area contributed by atoms with Crippen LogP contribution >= 0.6 is 0 Å². The second kappa shape index (κ2) is 11.0. The Morgan fingerprint density at radius 1 is 1.29 bits per heavy atom. The fourth-order valence-corrected chi connectivity index (χ4v) is 3.27. The van der Waals surface area contributed by atoms with Crippen molar-refractivity contribution in [1.29, 1.82) is 0 Å². The molecule has 2 rings (SSSR count). The molecular formula is C19H21N4O7S-. The molecule has 0 bridgehead atoms. The monoisotopic (exact) mass is 449 g/mol. The zero-order chi connectivity index (χ0) is 23.0. The number of ether oxygens (including phenoxy) is 3. The Bertz CT molecular complexity index is 999. The number of carbonyl (C=O) groups excluding carboxylic acids is 2. The third-order valence-corrected chi connectivity index (χ3v) is 5.01. The standard InChI is InChI=1S/C19H21N4O7S/c1-5-13-7-8-14(11-30-12(3)24)15(9-13)31(27)23(26)19(25)22-18-20-16(28-4)10-17(21-18)29-6-2/h6-10H,2,5,11H2,1,3-4H3,(H,20,21,22,25)/q-1. The molecule has 2 aromatic rings. The summed E-state index contributed by atoms with van der Waals surface area (Å²) in [5.41, 5.74) is 1.12. The van der Waals surface area contributed by atoms with Gasteiger partial charge in [-0.05, 0) is 18.1 Å². The Hall–Kier alpha value is -3.51. The Morgan fingerprint density at radius 3 is 2.61 bits per heavy atom. The first-order chi connectivity index (χ1) is 14.8. The van der Waals surface area contributed by atoms with Gasteiger partial charge in [-0.2, -0.15) is 9.97 Å². The van der Waals surface area contributed by atoms with E-state index in [0.29, 0.717) is 12.0 Å². The predicted octanol–water partition coefficient (Wildman–Crippen LogP) is 2.69. The van der Waals surface area contributed by atoms with Crippen LogP contribution in [0, 0.1) is 5.21 Å². The van der Waals surface area contributed by atoms with Crippen LogP contribution in [0.5, 0.6) is 11.8 Å². The van der Waals surface area contributed by atoms with Crippen LogP contribution in [-0.4, -0.2) is 37.8 Å². The maximum atomic E-state index is 12.8. The molecule has 2 amide bonds. The second-order valence-corrected chi connectivity index (χ2v) is 7.14. The lowest BCUT2D eigenvalue weighted by atomic mass is 10.1. The first-order valence-electron chi connectivity index (χ1n) is 8.95. The van der Waals surface area contributed by atoms with Crippen molar-refractivity contribution in [3.05, 3.63) is 53.4 Å². The van der Waals surface area contributed by atoms with Crippen LogP contribution in [0.2, 0.25) is 0 Å². The summed E-state index contributed by atoms with van der Waals surface area (Å²) >= 11 is 0. The normalized spacial score (nSPS) is 11.2. The number of anilines is 1. The molecule has 0 fully saturated rings. The summed E-state index contributed by atoms with van der Waals surface area (Å²) in [5, 5.41) is 14.6. The van der Waals surface area contributed by atoms with Gasteiger partial charge in [0.15, 0.2) is 0 Å². The molecule has 0 aliphatic carbocycles. The number of carbonyl (C=O) groups is 2. The third kappa shape index (κ3) is 6.49. The number of nitrogens with one attached hydrogen (secondary N) is 1. The number of aryl methyl sites for hydroxylation is 1. The van der Waals surface area contributed by atoms with Gasteiger partial charge in [-0.15, -0.1) is 0 Å². The quantitative estimate of drug-likeness (QED) is 0.347. The molecule has 1 atom stereocenters. The lowest BCUT2D eigenvalue weighted by Gasteiger charge is -2.27. The van der Waals surface area contributed by atoms with Crippen molar-refractivity contribution in [1.82, 2.24) is 14.4 Å². The van der Waals surface area contributed by atoms with Crippen molar-refractivity contribution in [2.24, 2.45) is 0 Å². The number of aromatic nitrogens is 2. The van der Waals surface area contributed by atoms with Gasteiger partial charge in [-0.1, -0.05) is 25.6 Å². The molecule has 31 heavy (non-hydrogen) atoms. The fourth-order valence-electron chi connectivity index (χ4n) is 2.30. The molecule has 11 nitrogen and oxygen atoms in total. The molecule has 1 heterocycles. The minimum absolute atomic E-state index is 0.00929. The highest BCUT2D eigenvalue weighted by atomic mass is 32.2. The number of nitrogens with zero attached hydrogens (tertiary/aromatic N) is 3. The number of hydrogen-bond acceptors (Lipinski definition) is 9. The highest BCUT2D eigenvalue weighted by Crippen LogP contribution is 2.22. The average Bonchev–Trinajstić information content (AvgIpc) is 2.76. The maximum Gasteiger partial charge on any atom is 0.325 e. The molecule has 1 unspecified atom stereocenters. The van der Waals surface area contributed by atoms with E-state index in [4.69, 9.17) is 14.2 Å². The first-order valence-corrected chi connectivity index (χ1v) is 10.1. The van der Waals surface area contributed by atoms with E-state index in [1.165, 1.54) is 26.2 Å². The van der Waals surface area contributed by atoms with Crippen molar-refractivity contribution < 1.29 is 28.0 Å². The number of rotatable bonds is 9. The van der Waals surface area contributed by atoms with Gasteiger partial charge < -0.3 is 23.9 Å². The van der Waals surface area contributed by atoms with Gasteiger partial charge in [-0.25, -0.2) is 9.00 Å². The lowest BCUT2D eigenvalue weighted by Crippen LogP contribution is -2.32. The van der Waals surface area contributed by atoms with Gasteiger partial charge in [0.05, 0.1) is 24.3 Å². The average molecular weight is 449 g/mol. The summed E-state index contributed by atoms with van der Waals surface area (Å²) in [7, 11) is -1.11. The smallest absolute Gasteiger partial charge is 0.325 e. The number of benzene rings is 1. The summed E-state index contributed by atoms with van der Waals surface area (Å²) in [4.78, 5) is 31.3. The maximum absolute atomic E-state index is 12.8. The van der Waals surface area contributed by atoms with Crippen LogP contribution in [0.25, 0.3) is 0 Å². The van der Waals surface area contributed by atoms with Gasteiger partial charge in [0.25, 0.3) is 0 Å². The summed E-state index contributed by atoms with van der Waals surface area (Å²) in [6.45, 7) is 6.30. The Balaban J connectivity index is 2.26. The number of hydrogen-bond donors (Lipinski definition) is 1. The van der Waals surface area contributed by atoms with Crippen molar-refractivity contribution in [2.45, 2.75) is 31.8 Å². The first kappa shape index (κ1) is 23.8. The summed E-state index contributed by atoms with van der Waals surface area (Å²) in [6.07, 6.45) is 1.71. The zero-order valence-electron chi connectivity index (χ0n) is 17.1. The van der Waals surface area contributed by atoms with Crippen LogP contribution in [0.1, 0.15) is 25.0 Å². The van der Waals surface area contributed by atoms with Crippen LogP contribution in [0.3, 0.4) is 0 Å². The second-order valence-electron chi connectivity index (χ2n) is 5.87. The van der Waals surface area contributed by atoms with Crippen molar-refractivity contribution in [3.63, 3.8) is 0 Å². The topological polar surface area (TPSA) is 143 Å². The lowest BCUT2D eigenvalue weighted by molar-refractivity contribution is -0.142. The number of hydroxylamine groups is 1. The highest BCUT2D eigenvalue weighted by Gasteiger charge is 2.19. The number of methoxy groups -OCH3 is 1. The minimum Gasteiger partial charge on any atom is -0.743 e. The molecule has 0 saturated carbocycles. The van der Waals surface area contributed by atoms with Crippen LogP contribution < -0.4 is 14.8 Å². The van der Waals surface area contributed by atoms with Crippen LogP contribution in [0.15, 0.2) is 42.0 Å². The molecule has 0 aliphatic rings. The minimum atomic E-state index is -2.45. The molecule has 1 N–H and O–H groups in total. The van der Waals surface area contributed by atoms with Gasteiger partial charge in [0.1, 0.15) is 17.6 Å². The van der Waals surface area contributed by atoms with E-state index in [0.717, 1.165) is 11.8 Å². The third-order valence-electron chi connectivity index (χ3n) is 3.79. The molecule has 0 aliphatic heterocycles. The fraction of sp³-hybridized carbons (Fsp3) is 0.263. The van der Waals surface area contributed by atoms with Crippen molar-refractivity contribution in [3.8, 4) is 11.8 Å². The largest absolute Gasteiger partial charge is 0.743 e. The molecule has 0 saturated heterocycles. The van der Waals surface area contributed by atoms with E-state index in [1.807, 2.05) is 6.92 Å². The molecule has 0 spiro atoms. The molecule has 0 radical (unpaired) electrons. The number of urea groups is 1. The van der Waals surface area contributed by atoms with Crippen molar-refractivity contribution in [2.75, 3.05) is 12.4 Å². The van der Waals surface area contributed by atoms with E-state index in [2.05, 4.69) is 21.9 Å². The summed E-state index contributed by atoms with van der Waals surface area (Å²) in [6, 6.07) is 4.91. The molecule has 1 aromatic heterocycles. The Morgan fingerprint density at radius 2 is 2.00 bits per heavy atom. The Kier molecular flexibility index (Phi) is 8.46. The zero-order valence-corrected chi connectivity index (χ0v) is 17.9. The van der Waals surface area contributed by atoms with Crippen molar-refractivity contribution >= 4 is 28.9 Å². The van der Waals surface area contributed by atoms with Gasteiger partial charge in [0, 0.05) is 12.5 Å². The van der Waals surface area contributed by atoms with E-state index < -0.39 is 23.0 Å². The summed E-state index contributed by atoms with van der Waals surface area (Å²) < 4.78 is 27.5. The summed E-state index contributed by atoms with van der Waals surface area (Å²) in [5.74, 6) is -0.780. The van der Waals surface area contributed by atoms with E-state index >= 15 is 0 Å². The van der Waals surface area contributed by atoms with E-state index in [1.54, 1.807) is 12.1 Å². The molecule has 166 valence electrons.